The van der Waals surface area contributed by atoms with Crippen molar-refractivity contribution in [3.63, 3.8) is 0 Å². The highest BCUT2D eigenvalue weighted by atomic mass is 16.7. The molecule has 4 rings (SSSR count). The van der Waals surface area contributed by atoms with Gasteiger partial charge in [-0.05, 0) is 57.4 Å². The molecule has 12 nitrogen and oxygen atoms in total. The van der Waals surface area contributed by atoms with Gasteiger partial charge in [0.05, 0.1) is 37.6 Å². The maximum Gasteiger partial charge on any atom is 0.303 e. The quantitative estimate of drug-likeness (QED) is 0.176. The Morgan fingerprint density at radius 2 is 1.79 bits per heavy atom. The largest absolute Gasteiger partial charge is 0.465 e. The highest BCUT2D eigenvalue weighted by Crippen LogP contribution is 2.56. The number of hydrogen-bond acceptors (Lipinski definition) is 12. The zero-order valence-corrected chi connectivity index (χ0v) is 29.6. The lowest BCUT2D eigenvalue weighted by atomic mass is 9.68. The Labute approximate surface area is 284 Å². The summed E-state index contributed by atoms with van der Waals surface area (Å²) in [6.07, 6.45) is -4.54. The lowest BCUT2D eigenvalue weighted by Crippen LogP contribution is -2.62. The van der Waals surface area contributed by atoms with E-state index in [1.165, 1.54) is 13.8 Å². The van der Waals surface area contributed by atoms with Gasteiger partial charge >= 0.3 is 11.9 Å². The molecule has 272 valence electrons. The first-order chi connectivity index (χ1) is 22.4. The van der Waals surface area contributed by atoms with Crippen molar-refractivity contribution >= 4 is 11.9 Å². The van der Waals surface area contributed by atoms with Crippen LogP contribution in [0.2, 0.25) is 0 Å². The molecule has 0 amide bonds. The number of hydrogen-bond donors (Lipinski definition) is 4. The van der Waals surface area contributed by atoms with E-state index in [0.717, 1.165) is 24.0 Å². The molecular weight excluding hydrogens is 624 g/mol. The van der Waals surface area contributed by atoms with Gasteiger partial charge in [-0.2, -0.15) is 0 Å². The van der Waals surface area contributed by atoms with Crippen LogP contribution in [0.4, 0.5) is 0 Å². The molecule has 1 saturated heterocycles. The van der Waals surface area contributed by atoms with Crippen LogP contribution in [0.5, 0.6) is 0 Å². The van der Waals surface area contributed by atoms with E-state index in [1.54, 1.807) is 27.0 Å². The molecule has 48 heavy (non-hydrogen) atoms. The van der Waals surface area contributed by atoms with Crippen LogP contribution >= 0.6 is 0 Å². The fourth-order valence-corrected chi connectivity index (χ4v) is 7.88. The summed E-state index contributed by atoms with van der Waals surface area (Å²) in [5.74, 6) is -1.70. The minimum absolute atomic E-state index is 0.0190. The number of methoxy groups -OCH3 is 1. The Morgan fingerprint density at radius 1 is 1.10 bits per heavy atom. The SMILES string of the molecule is C=CC(C)(C)OC[C@H]1O[C@H](O[C@H]2C3=C([C@@H](C)COC(C)=O)C[C@@H](O)[C@@]3(C)/C=C3\[C@H](COC)CC[C@H]3[C@@H](C)[C@@H]2O)[C@H](O)[C@H](OC(C)=O)[C@@H]1O. The van der Waals surface area contributed by atoms with Crippen LogP contribution in [0.1, 0.15) is 67.7 Å². The predicted octanol–water partition coefficient (Wildman–Crippen LogP) is 2.61. The smallest absolute Gasteiger partial charge is 0.303 e. The zero-order valence-electron chi connectivity index (χ0n) is 29.6. The van der Waals surface area contributed by atoms with Crippen molar-refractivity contribution in [3.8, 4) is 0 Å². The Morgan fingerprint density at radius 3 is 2.40 bits per heavy atom. The molecule has 0 aromatic carbocycles. The third kappa shape index (κ3) is 7.91. The van der Waals surface area contributed by atoms with Crippen LogP contribution in [0.25, 0.3) is 0 Å². The average molecular weight is 681 g/mol. The third-order valence-corrected chi connectivity index (χ3v) is 10.8. The van der Waals surface area contributed by atoms with E-state index in [1.807, 2.05) is 20.8 Å². The number of esters is 2. The summed E-state index contributed by atoms with van der Waals surface area (Å²) >= 11 is 0. The van der Waals surface area contributed by atoms with Crippen molar-refractivity contribution < 1.29 is 58.4 Å². The summed E-state index contributed by atoms with van der Waals surface area (Å²) in [6.45, 7) is 16.0. The maximum atomic E-state index is 12.3. The normalized spacial score (nSPS) is 40.2. The summed E-state index contributed by atoms with van der Waals surface area (Å²) < 4.78 is 35.1. The molecule has 0 bridgehead atoms. The molecular formula is C36H56O12. The van der Waals surface area contributed by atoms with Gasteiger partial charge in [0.25, 0.3) is 0 Å². The Balaban J connectivity index is 1.82. The second kappa shape index (κ2) is 15.4. The van der Waals surface area contributed by atoms with Gasteiger partial charge in [0.1, 0.15) is 24.4 Å². The minimum atomic E-state index is -1.63. The van der Waals surface area contributed by atoms with Crippen molar-refractivity contribution in [1.29, 1.82) is 0 Å². The number of rotatable bonds is 12. The van der Waals surface area contributed by atoms with Gasteiger partial charge in [-0.1, -0.05) is 37.1 Å². The lowest BCUT2D eigenvalue weighted by molar-refractivity contribution is -0.320. The molecule has 1 aliphatic heterocycles. The number of ether oxygens (including phenoxy) is 6. The average Bonchev–Trinajstić information content (AvgIpc) is 3.52. The molecule has 0 aromatic heterocycles. The lowest BCUT2D eigenvalue weighted by Gasteiger charge is -2.47. The van der Waals surface area contributed by atoms with Gasteiger partial charge in [0.15, 0.2) is 12.4 Å². The number of aliphatic hydroxyl groups is 4. The van der Waals surface area contributed by atoms with E-state index in [-0.39, 0.29) is 43.3 Å². The van der Waals surface area contributed by atoms with Crippen LogP contribution in [0.15, 0.2) is 35.5 Å². The second-order valence-corrected chi connectivity index (χ2v) is 14.7. The van der Waals surface area contributed by atoms with Crippen LogP contribution in [0, 0.1) is 29.1 Å². The van der Waals surface area contributed by atoms with Gasteiger partial charge < -0.3 is 48.8 Å². The Hall–Kier alpha value is -2.16. The van der Waals surface area contributed by atoms with E-state index >= 15 is 0 Å². The molecule has 3 aliphatic carbocycles. The maximum absolute atomic E-state index is 12.3. The number of fused-ring (bicyclic) bond motifs is 2. The summed E-state index contributed by atoms with van der Waals surface area (Å²) in [7, 11) is 1.66. The van der Waals surface area contributed by atoms with Crippen LogP contribution in [-0.4, -0.2) is 114 Å². The second-order valence-electron chi connectivity index (χ2n) is 14.7. The van der Waals surface area contributed by atoms with Crippen LogP contribution in [-0.2, 0) is 38.0 Å². The van der Waals surface area contributed by atoms with E-state index < -0.39 is 72.0 Å². The Bertz CT molecular complexity index is 1240. The zero-order chi connectivity index (χ0) is 35.7. The number of aliphatic hydroxyl groups excluding tert-OH is 4. The first-order valence-corrected chi connectivity index (χ1v) is 17.0. The summed E-state index contributed by atoms with van der Waals surface area (Å²) in [6, 6.07) is 0. The molecule has 4 aliphatic rings. The molecule has 0 unspecified atom stereocenters. The highest BCUT2D eigenvalue weighted by Gasteiger charge is 2.56. The fraction of sp³-hybridized carbons (Fsp3) is 0.778. The van der Waals surface area contributed by atoms with Crippen molar-refractivity contribution in [2.24, 2.45) is 29.1 Å². The van der Waals surface area contributed by atoms with Crippen LogP contribution < -0.4 is 0 Å². The number of carbonyl (C=O) groups is 2. The Kier molecular flexibility index (Phi) is 12.4. The van der Waals surface area contributed by atoms with Crippen molar-refractivity contribution in [1.82, 2.24) is 0 Å². The summed E-state index contributed by atoms with van der Waals surface area (Å²) in [5.41, 5.74) is 0.746. The highest BCUT2D eigenvalue weighted by molar-refractivity contribution is 5.66. The van der Waals surface area contributed by atoms with Crippen molar-refractivity contribution in [3.05, 3.63) is 35.5 Å². The molecule has 4 N–H and O–H groups in total. The molecule has 12 heteroatoms. The van der Waals surface area contributed by atoms with E-state index in [4.69, 9.17) is 28.4 Å². The molecule has 1 heterocycles. The minimum Gasteiger partial charge on any atom is -0.465 e. The van der Waals surface area contributed by atoms with E-state index in [2.05, 4.69) is 12.7 Å². The predicted molar refractivity (Wildman–Crippen MR) is 174 cm³/mol. The topological polar surface area (TPSA) is 170 Å². The van der Waals surface area contributed by atoms with Gasteiger partial charge in [-0.25, -0.2) is 0 Å². The molecule has 1 saturated carbocycles. The monoisotopic (exact) mass is 680 g/mol. The van der Waals surface area contributed by atoms with Gasteiger partial charge in [-0.3, -0.25) is 9.59 Å². The first-order valence-electron chi connectivity index (χ1n) is 17.0. The van der Waals surface area contributed by atoms with E-state index in [0.29, 0.717) is 12.2 Å². The molecule has 0 spiro atoms. The fourth-order valence-electron chi connectivity index (χ4n) is 7.88. The van der Waals surface area contributed by atoms with Crippen molar-refractivity contribution in [2.75, 3.05) is 26.9 Å². The van der Waals surface area contributed by atoms with Crippen LogP contribution in [0.3, 0.4) is 0 Å². The summed E-state index contributed by atoms with van der Waals surface area (Å²) in [5, 5.41) is 46.7. The van der Waals surface area contributed by atoms with Gasteiger partial charge in [0, 0.05) is 38.2 Å². The van der Waals surface area contributed by atoms with Crippen molar-refractivity contribution in [2.45, 2.75) is 122 Å². The molecule has 0 radical (unpaired) electrons. The molecule has 2 fully saturated rings. The molecule has 13 atom stereocenters. The standard InChI is InChI=1S/C36H56O12/c1-10-35(6,7)45-17-26-30(41)33(46-21(5)38)31(42)34(47-26)48-32-28-24(18(2)15-44-20(4)37)13-27(39)36(28,8)14-25-22(16-43-9)11-12-23(25)19(3)29(32)40/h10,14,18-19,22-23,26-27,29-34,39-42H,1,11-13,15-17H2,2-9H3/b25-14+/t18-,19+,22-,23-,26+,27+,29-,30+,31+,32-,33+,34+,36+/m0/s1. The third-order valence-electron chi connectivity index (χ3n) is 10.8. The van der Waals surface area contributed by atoms with E-state index in [9.17, 15) is 30.0 Å². The number of carbonyl (C=O) groups excluding carboxylic acids is 2. The summed E-state index contributed by atoms with van der Waals surface area (Å²) in [4.78, 5) is 23.8. The van der Waals surface area contributed by atoms with Gasteiger partial charge in [-0.15, -0.1) is 6.58 Å². The van der Waals surface area contributed by atoms with Gasteiger partial charge in [0.2, 0.25) is 0 Å². The first kappa shape index (κ1) is 38.6. The molecule has 0 aromatic rings.